The number of hydrogen-bond acceptors (Lipinski definition) is 1. The lowest BCUT2D eigenvalue weighted by atomic mass is 9.84. The zero-order chi connectivity index (χ0) is 18.9. The number of hydrogen-bond donors (Lipinski definition) is 0. The fourth-order valence-corrected chi connectivity index (χ4v) is 3.59. The van der Waals surface area contributed by atoms with Gasteiger partial charge in [-0.25, -0.2) is 4.39 Å². The fourth-order valence-electron chi connectivity index (χ4n) is 3.59. The third kappa shape index (κ3) is 2.90. The maximum atomic E-state index is 14.8. The van der Waals surface area contributed by atoms with Crippen molar-refractivity contribution in [2.75, 3.05) is 13.2 Å². The van der Waals surface area contributed by atoms with Crippen molar-refractivity contribution in [2.45, 2.75) is 37.5 Å². The van der Waals surface area contributed by atoms with Gasteiger partial charge >= 0.3 is 11.8 Å². The van der Waals surface area contributed by atoms with E-state index in [1.807, 2.05) is 6.92 Å². The van der Waals surface area contributed by atoms with Gasteiger partial charge in [0.05, 0.1) is 5.56 Å². The summed E-state index contributed by atoms with van der Waals surface area (Å²) >= 11 is 0. The van der Waals surface area contributed by atoms with Crippen LogP contribution in [-0.2, 0) is 16.6 Å². The van der Waals surface area contributed by atoms with Gasteiger partial charge in [-0.3, -0.25) is 0 Å². The Bertz CT molecular complexity index is 788. The van der Waals surface area contributed by atoms with Crippen LogP contribution in [0.4, 0.5) is 22.0 Å². The highest BCUT2D eigenvalue weighted by Gasteiger charge is 2.63. The Labute approximate surface area is 148 Å². The van der Waals surface area contributed by atoms with Crippen molar-refractivity contribution in [2.24, 2.45) is 0 Å². The number of rotatable bonds is 5. The molecule has 0 aromatic heterocycles. The van der Waals surface area contributed by atoms with Crippen LogP contribution in [0.3, 0.4) is 0 Å². The molecule has 0 fully saturated rings. The monoisotopic (exact) mass is 370 g/mol. The standard InChI is InChI=1S/C20H19F5O/c1-2-26-12-6-9-13-14-7-3-4-10-16(14)19(22,23)20(24,25)18-15(13)8-5-11-17(18)21/h3-5,7-8,10-11,13H,2,6,9,12H2,1H3. The zero-order valence-corrected chi connectivity index (χ0v) is 14.2. The van der Waals surface area contributed by atoms with Crippen LogP contribution in [0, 0.1) is 5.82 Å². The Morgan fingerprint density at radius 3 is 2.35 bits per heavy atom. The van der Waals surface area contributed by atoms with Gasteiger partial charge in [-0.15, -0.1) is 0 Å². The molecule has 3 rings (SSSR count). The lowest BCUT2D eigenvalue weighted by Gasteiger charge is -2.27. The molecule has 26 heavy (non-hydrogen) atoms. The molecule has 2 aromatic carbocycles. The van der Waals surface area contributed by atoms with E-state index in [2.05, 4.69) is 0 Å². The van der Waals surface area contributed by atoms with Gasteiger partial charge in [-0.05, 0) is 37.0 Å². The predicted octanol–water partition coefficient (Wildman–Crippen LogP) is 5.97. The molecule has 0 saturated carbocycles. The highest BCUT2D eigenvalue weighted by molar-refractivity contribution is 5.50. The summed E-state index contributed by atoms with van der Waals surface area (Å²) in [6.07, 6.45) is 0.791. The van der Waals surface area contributed by atoms with Crippen molar-refractivity contribution >= 4 is 0 Å². The molecule has 0 aliphatic heterocycles. The predicted molar refractivity (Wildman–Crippen MR) is 88.2 cm³/mol. The van der Waals surface area contributed by atoms with E-state index in [0.717, 1.165) is 12.1 Å². The van der Waals surface area contributed by atoms with E-state index in [-0.39, 0.29) is 11.1 Å². The summed E-state index contributed by atoms with van der Waals surface area (Å²) in [5.41, 5.74) is -1.93. The van der Waals surface area contributed by atoms with Crippen LogP contribution in [0.1, 0.15) is 47.9 Å². The lowest BCUT2D eigenvalue weighted by molar-refractivity contribution is -0.224. The minimum atomic E-state index is -4.64. The van der Waals surface area contributed by atoms with E-state index in [1.165, 1.54) is 30.3 Å². The first-order valence-electron chi connectivity index (χ1n) is 8.54. The Hall–Kier alpha value is -1.95. The van der Waals surface area contributed by atoms with Crippen LogP contribution >= 0.6 is 0 Å². The molecule has 140 valence electrons. The van der Waals surface area contributed by atoms with Crippen LogP contribution in [0.25, 0.3) is 0 Å². The van der Waals surface area contributed by atoms with E-state index in [9.17, 15) is 22.0 Å². The third-order valence-electron chi connectivity index (χ3n) is 4.79. The van der Waals surface area contributed by atoms with Crippen molar-refractivity contribution < 1.29 is 26.7 Å². The second-order valence-electron chi connectivity index (χ2n) is 6.33. The summed E-state index contributed by atoms with van der Waals surface area (Å²) < 4.78 is 78.6. The van der Waals surface area contributed by atoms with Crippen molar-refractivity contribution in [3.63, 3.8) is 0 Å². The molecule has 2 aromatic rings. The summed E-state index contributed by atoms with van der Waals surface area (Å²) in [7, 11) is 0. The lowest BCUT2D eigenvalue weighted by Crippen LogP contribution is -2.36. The van der Waals surface area contributed by atoms with Crippen molar-refractivity contribution in [3.05, 3.63) is 70.5 Å². The molecule has 1 nitrogen and oxygen atoms in total. The minimum absolute atomic E-state index is 0.0869. The molecule has 0 spiro atoms. The SMILES string of the molecule is CCOCCCC1c2ccccc2C(F)(F)C(F)(F)c2c(F)cccc21. The maximum absolute atomic E-state index is 14.8. The molecule has 6 heteroatoms. The van der Waals surface area contributed by atoms with Gasteiger partial charge in [0.15, 0.2) is 0 Å². The fraction of sp³-hybridized carbons (Fsp3) is 0.400. The average Bonchev–Trinajstić information content (AvgIpc) is 2.66. The van der Waals surface area contributed by atoms with Gasteiger partial charge in [-0.1, -0.05) is 36.4 Å². The van der Waals surface area contributed by atoms with Gasteiger partial charge in [0.1, 0.15) is 5.82 Å². The van der Waals surface area contributed by atoms with Gasteiger partial charge in [0, 0.05) is 24.7 Å². The van der Waals surface area contributed by atoms with Crippen LogP contribution in [0.5, 0.6) is 0 Å². The maximum Gasteiger partial charge on any atom is 0.342 e. The van der Waals surface area contributed by atoms with Gasteiger partial charge < -0.3 is 4.74 Å². The van der Waals surface area contributed by atoms with Crippen LogP contribution in [-0.4, -0.2) is 13.2 Å². The minimum Gasteiger partial charge on any atom is -0.382 e. The highest BCUT2D eigenvalue weighted by Crippen LogP contribution is 2.57. The third-order valence-corrected chi connectivity index (χ3v) is 4.79. The largest absolute Gasteiger partial charge is 0.382 e. The highest BCUT2D eigenvalue weighted by atomic mass is 19.3. The molecule has 0 radical (unpaired) electrons. The van der Waals surface area contributed by atoms with E-state index in [1.54, 1.807) is 0 Å². The molecule has 0 saturated heterocycles. The molecule has 1 atom stereocenters. The Morgan fingerprint density at radius 1 is 0.923 bits per heavy atom. The number of benzene rings is 2. The zero-order valence-electron chi connectivity index (χ0n) is 14.2. The molecule has 0 amide bonds. The van der Waals surface area contributed by atoms with Crippen LogP contribution in [0.2, 0.25) is 0 Å². The number of fused-ring (bicyclic) bond motifs is 2. The van der Waals surface area contributed by atoms with Crippen molar-refractivity contribution in [1.82, 2.24) is 0 Å². The number of halogens is 5. The summed E-state index contributed by atoms with van der Waals surface area (Å²) in [5, 5.41) is 0. The molecule has 0 N–H and O–H groups in total. The Balaban J connectivity index is 2.21. The first-order valence-corrected chi connectivity index (χ1v) is 8.54. The second-order valence-corrected chi connectivity index (χ2v) is 6.33. The van der Waals surface area contributed by atoms with Crippen LogP contribution < -0.4 is 0 Å². The van der Waals surface area contributed by atoms with Gasteiger partial charge in [0.2, 0.25) is 0 Å². The number of ether oxygens (including phenoxy) is 1. The Morgan fingerprint density at radius 2 is 1.62 bits per heavy atom. The molecule has 0 heterocycles. The normalized spacial score (nSPS) is 20.2. The van der Waals surface area contributed by atoms with E-state index < -0.39 is 34.7 Å². The molecule has 1 aliphatic rings. The second kappa shape index (κ2) is 6.99. The first-order chi connectivity index (χ1) is 12.3. The summed E-state index contributed by atoms with van der Waals surface area (Å²) in [4.78, 5) is 0. The average molecular weight is 370 g/mol. The Kier molecular flexibility index (Phi) is 5.06. The quantitative estimate of drug-likeness (QED) is 0.465. The van der Waals surface area contributed by atoms with Crippen molar-refractivity contribution in [1.29, 1.82) is 0 Å². The summed E-state index contributed by atoms with van der Waals surface area (Å²) in [5.74, 6) is -11.2. The topological polar surface area (TPSA) is 9.23 Å². The van der Waals surface area contributed by atoms with Gasteiger partial charge in [-0.2, -0.15) is 17.6 Å². The molecular formula is C20H19F5O. The summed E-state index contributed by atoms with van der Waals surface area (Å²) in [6.45, 7) is 2.71. The van der Waals surface area contributed by atoms with E-state index in [4.69, 9.17) is 4.74 Å². The molecule has 1 unspecified atom stereocenters. The summed E-state index contributed by atoms with van der Waals surface area (Å²) in [6, 6.07) is 8.66. The van der Waals surface area contributed by atoms with Crippen LogP contribution in [0.15, 0.2) is 42.5 Å². The van der Waals surface area contributed by atoms with Gasteiger partial charge in [0.25, 0.3) is 0 Å². The number of alkyl halides is 4. The van der Waals surface area contributed by atoms with E-state index >= 15 is 0 Å². The van der Waals surface area contributed by atoms with E-state index in [0.29, 0.717) is 26.1 Å². The molecular weight excluding hydrogens is 351 g/mol. The molecule has 0 bridgehead atoms. The van der Waals surface area contributed by atoms with Crippen molar-refractivity contribution in [3.8, 4) is 0 Å². The smallest absolute Gasteiger partial charge is 0.342 e. The first kappa shape index (κ1) is 18.8. The molecule has 1 aliphatic carbocycles.